The predicted octanol–water partition coefficient (Wildman–Crippen LogP) is 3.08. The standard InChI is InChI=1S/C13H10N2O/c14-10-6-7-12-11(8-10)13(15-16-12)9-4-2-1-3-5-9/h1-8H,14H2. The molecule has 0 unspecified atom stereocenters. The average Bonchev–Trinajstić information content (AvgIpc) is 2.73. The van der Waals surface area contributed by atoms with Crippen LogP contribution in [-0.2, 0) is 0 Å². The van der Waals surface area contributed by atoms with Crippen LogP contribution in [0.1, 0.15) is 0 Å². The molecule has 1 aromatic heterocycles. The summed E-state index contributed by atoms with van der Waals surface area (Å²) in [6, 6.07) is 15.5. The Kier molecular flexibility index (Phi) is 1.90. The van der Waals surface area contributed by atoms with Crippen LogP contribution >= 0.6 is 0 Å². The molecule has 3 nitrogen and oxygen atoms in total. The van der Waals surface area contributed by atoms with E-state index in [0.717, 1.165) is 22.2 Å². The topological polar surface area (TPSA) is 52.0 Å². The molecule has 3 aromatic rings. The highest BCUT2D eigenvalue weighted by Gasteiger charge is 2.09. The molecule has 0 aliphatic rings. The fraction of sp³-hybridized carbons (Fsp3) is 0. The predicted molar refractivity (Wildman–Crippen MR) is 63.9 cm³/mol. The minimum Gasteiger partial charge on any atom is -0.399 e. The zero-order valence-electron chi connectivity index (χ0n) is 8.55. The van der Waals surface area contributed by atoms with E-state index in [1.54, 1.807) is 0 Å². The summed E-state index contributed by atoms with van der Waals surface area (Å²) in [5, 5.41) is 5.03. The van der Waals surface area contributed by atoms with Gasteiger partial charge in [-0.1, -0.05) is 35.5 Å². The molecular formula is C13H10N2O. The molecule has 0 aliphatic heterocycles. The number of nitrogens with zero attached hydrogens (tertiary/aromatic N) is 1. The highest BCUT2D eigenvalue weighted by atomic mass is 16.5. The summed E-state index contributed by atoms with van der Waals surface area (Å²) in [4.78, 5) is 0. The van der Waals surface area contributed by atoms with Crippen LogP contribution in [0.2, 0.25) is 0 Å². The van der Waals surface area contributed by atoms with Crippen molar-refractivity contribution in [3.8, 4) is 11.3 Å². The molecule has 0 amide bonds. The third kappa shape index (κ3) is 1.34. The van der Waals surface area contributed by atoms with E-state index >= 15 is 0 Å². The van der Waals surface area contributed by atoms with Crippen molar-refractivity contribution < 1.29 is 4.52 Å². The maximum absolute atomic E-state index is 5.76. The van der Waals surface area contributed by atoms with Gasteiger partial charge < -0.3 is 10.3 Å². The normalized spacial score (nSPS) is 10.8. The molecule has 0 bridgehead atoms. The third-order valence-electron chi connectivity index (χ3n) is 2.54. The quantitative estimate of drug-likeness (QED) is 0.628. The first kappa shape index (κ1) is 8.97. The Balaban J connectivity index is 2.29. The SMILES string of the molecule is Nc1ccc2onc(-c3ccccc3)c2c1. The van der Waals surface area contributed by atoms with Crippen LogP contribution in [0.15, 0.2) is 53.1 Å². The third-order valence-corrected chi connectivity index (χ3v) is 2.54. The lowest BCUT2D eigenvalue weighted by atomic mass is 10.1. The second-order valence-corrected chi connectivity index (χ2v) is 3.65. The molecular weight excluding hydrogens is 200 g/mol. The zero-order valence-corrected chi connectivity index (χ0v) is 8.55. The second kappa shape index (κ2) is 3.38. The monoisotopic (exact) mass is 210 g/mol. The first-order chi connectivity index (χ1) is 7.84. The number of hydrogen-bond acceptors (Lipinski definition) is 3. The van der Waals surface area contributed by atoms with Gasteiger partial charge in [0.05, 0.1) is 5.39 Å². The smallest absolute Gasteiger partial charge is 0.167 e. The molecule has 2 N–H and O–H groups in total. The summed E-state index contributed by atoms with van der Waals surface area (Å²) in [6.07, 6.45) is 0. The molecule has 0 aliphatic carbocycles. The number of aromatic nitrogens is 1. The molecule has 16 heavy (non-hydrogen) atoms. The first-order valence-corrected chi connectivity index (χ1v) is 5.05. The minimum absolute atomic E-state index is 0.716. The number of anilines is 1. The van der Waals surface area contributed by atoms with Gasteiger partial charge in [0.25, 0.3) is 0 Å². The Bertz CT molecular complexity index is 629. The van der Waals surface area contributed by atoms with Crippen LogP contribution in [0.5, 0.6) is 0 Å². The van der Waals surface area contributed by atoms with Crippen LogP contribution in [0.25, 0.3) is 22.2 Å². The fourth-order valence-corrected chi connectivity index (χ4v) is 1.76. The Morgan fingerprint density at radius 2 is 1.81 bits per heavy atom. The van der Waals surface area contributed by atoms with Gasteiger partial charge in [0.2, 0.25) is 0 Å². The molecule has 1 heterocycles. The van der Waals surface area contributed by atoms with Gasteiger partial charge in [0.1, 0.15) is 5.69 Å². The van der Waals surface area contributed by atoms with Gasteiger partial charge in [-0.05, 0) is 18.2 Å². The van der Waals surface area contributed by atoms with Gasteiger partial charge in [0, 0.05) is 11.3 Å². The second-order valence-electron chi connectivity index (χ2n) is 3.65. The van der Waals surface area contributed by atoms with E-state index in [-0.39, 0.29) is 0 Å². The van der Waals surface area contributed by atoms with Gasteiger partial charge in [-0.25, -0.2) is 0 Å². The molecule has 0 spiro atoms. The van der Waals surface area contributed by atoms with Gasteiger partial charge in [0.15, 0.2) is 5.58 Å². The van der Waals surface area contributed by atoms with Crippen molar-refractivity contribution in [2.45, 2.75) is 0 Å². The van der Waals surface area contributed by atoms with E-state index in [4.69, 9.17) is 10.3 Å². The lowest BCUT2D eigenvalue weighted by Gasteiger charge is -1.96. The minimum atomic E-state index is 0.716. The summed E-state index contributed by atoms with van der Waals surface area (Å²) in [5.41, 5.74) is 9.10. The van der Waals surface area contributed by atoms with Crippen molar-refractivity contribution >= 4 is 16.7 Å². The van der Waals surface area contributed by atoms with Crippen molar-refractivity contribution in [1.29, 1.82) is 0 Å². The van der Waals surface area contributed by atoms with Gasteiger partial charge in [-0.3, -0.25) is 0 Å². The van der Waals surface area contributed by atoms with Crippen molar-refractivity contribution in [2.24, 2.45) is 0 Å². The van der Waals surface area contributed by atoms with Crippen LogP contribution in [0, 0.1) is 0 Å². The van der Waals surface area contributed by atoms with Crippen molar-refractivity contribution in [3.05, 3.63) is 48.5 Å². The molecule has 3 rings (SSSR count). The molecule has 0 saturated carbocycles. The Morgan fingerprint density at radius 1 is 1.00 bits per heavy atom. The summed E-state index contributed by atoms with van der Waals surface area (Å²) >= 11 is 0. The maximum atomic E-state index is 5.76. The first-order valence-electron chi connectivity index (χ1n) is 5.05. The number of benzene rings is 2. The van der Waals surface area contributed by atoms with Crippen molar-refractivity contribution in [3.63, 3.8) is 0 Å². The number of fused-ring (bicyclic) bond motifs is 1. The number of nitrogen functional groups attached to an aromatic ring is 1. The van der Waals surface area contributed by atoms with Gasteiger partial charge in [-0.15, -0.1) is 0 Å². The van der Waals surface area contributed by atoms with Gasteiger partial charge in [-0.2, -0.15) is 0 Å². The fourth-order valence-electron chi connectivity index (χ4n) is 1.76. The van der Waals surface area contributed by atoms with Crippen LogP contribution in [-0.4, -0.2) is 5.16 Å². The van der Waals surface area contributed by atoms with Crippen molar-refractivity contribution in [2.75, 3.05) is 5.73 Å². The largest absolute Gasteiger partial charge is 0.399 e. The lowest BCUT2D eigenvalue weighted by Crippen LogP contribution is -1.83. The maximum Gasteiger partial charge on any atom is 0.167 e. The summed E-state index contributed by atoms with van der Waals surface area (Å²) in [6.45, 7) is 0. The van der Waals surface area contributed by atoms with Crippen LogP contribution in [0.3, 0.4) is 0 Å². The Hall–Kier alpha value is -2.29. The van der Waals surface area contributed by atoms with Crippen LogP contribution in [0.4, 0.5) is 5.69 Å². The highest BCUT2D eigenvalue weighted by Crippen LogP contribution is 2.28. The Morgan fingerprint density at radius 3 is 2.62 bits per heavy atom. The molecule has 0 fully saturated rings. The molecule has 0 atom stereocenters. The number of rotatable bonds is 1. The van der Waals surface area contributed by atoms with E-state index in [2.05, 4.69) is 5.16 Å². The molecule has 2 aromatic carbocycles. The molecule has 78 valence electrons. The molecule has 0 saturated heterocycles. The number of nitrogens with two attached hydrogens (primary N) is 1. The van der Waals surface area contributed by atoms with E-state index < -0.39 is 0 Å². The summed E-state index contributed by atoms with van der Waals surface area (Å²) in [5.74, 6) is 0. The van der Waals surface area contributed by atoms with Gasteiger partial charge >= 0.3 is 0 Å². The zero-order chi connectivity index (χ0) is 11.0. The van der Waals surface area contributed by atoms with E-state index in [1.807, 2.05) is 48.5 Å². The summed E-state index contributed by atoms with van der Waals surface area (Å²) < 4.78 is 5.25. The number of hydrogen-bond donors (Lipinski definition) is 1. The average molecular weight is 210 g/mol. The molecule has 0 radical (unpaired) electrons. The van der Waals surface area contributed by atoms with E-state index in [0.29, 0.717) is 5.69 Å². The lowest BCUT2D eigenvalue weighted by molar-refractivity contribution is 0.459. The summed E-state index contributed by atoms with van der Waals surface area (Å²) in [7, 11) is 0. The Labute approximate surface area is 92.5 Å². The van der Waals surface area contributed by atoms with Crippen molar-refractivity contribution in [1.82, 2.24) is 5.16 Å². The van der Waals surface area contributed by atoms with Crippen LogP contribution < -0.4 is 5.73 Å². The highest BCUT2D eigenvalue weighted by molar-refractivity contribution is 5.93. The van der Waals surface area contributed by atoms with E-state index in [1.165, 1.54) is 0 Å². The molecule has 3 heteroatoms. The van der Waals surface area contributed by atoms with E-state index in [9.17, 15) is 0 Å².